The zero-order valence-corrected chi connectivity index (χ0v) is 16.1. The van der Waals surface area contributed by atoms with E-state index >= 15 is 0 Å². The molecule has 5 aromatic rings. The van der Waals surface area contributed by atoms with Gasteiger partial charge in [-0.05, 0) is 59.2 Å². The molecule has 0 unspecified atom stereocenters. The van der Waals surface area contributed by atoms with Gasteiger partial charge in [0.25, 0.3) is 0 Å². The number of aromatic nitrogens is 3. The number of fused-ring (bicyclic) bond motifs is 1. The summed E-state index contributed by atoms with van der Waals surface area (Å²) in [6.45, 7) is 0.701. The molecular weight excluding hydrogens is 375 g/mol. The van der Waals surface area contributed by atoms with Gasteiger partial charge in [-0.1, -0.05) is 30.3 Å². The third-order valence-corrected chi connectivity index (χ3v) is 5.12. The Kier molecular flexibility index (Phi) is 4.69. The highest BCUT2D eigenvalue weighted by Crippen LogP contribution is 2.40. The van der Waals surface area contributed by atoms with Crippen LogP contribution in [0.1, 0.15) is 5.56 Å². The minimum atomic E-state index is -0.260. The maximum Gasteiger partial charge on any atom is 0.140 e. The second kappa shape index (κ2) is 7.79. The molecule has 0 atom stereocenters. The van der Waals surface area contributed by atoms with Crippen LogP contribution in [-0.2, 0) is 6.54 Å². The molecule has 0 aliphatic carbocycles. The maximum absolute atomic E-state index is 13.5. The third-order valence-electron chi connectivity index (χ3n) is 5.12. The number of aromatic amines is 1. The normalized spacial score (nSPS) is 11.0. The van der Waals surface area contributed by atoms with E-state index in [9.17, 15) is 4.39 Å². The number of pyridine rings is 2. The summed E-state index contributed by atoms with van der Waals surface area (Å²) in [6.07, 6.45) is 5.34. The highest BCUT2D eigenvalue weighted by Gasteiger charge is 2.18. The van der Waals surface area contributed by atoms with Gasteiger partial charge in [0.1, 0.15) is 11.5 Å². The van der Waals surface area contributed by atoms with Gasteiger partial charge in [-0.3, -0.25) is 4.98 Å². The van der Waals surface area contributed by atoms with Gasteiger partial charge in [0.05, 0.1) is 11.1 Å². The van der Waals surface area contributed by atoms with E-state index in [1.807, 2.05) is 36.4 Å². The third kappa shape index (κ3) is 3.42. The van der Waals surface area contributed by atoms with Crippen molar-refractivity contribution in [3.05, 3.63) is 103 Å². The fourth-order valence-corrected chi connectivity index (χ4v) is 3.70. The number of benzene rings is 2. The van der Waals surface area contributed by atoms with E-state index in [-0.39, 0.29) is 5.82 Å². The van der Waals surface area contributed by atoms with Crippen LogP contribution in [0, 0.1) is 5.82 Å². The van der Waals surface area contributed by atoms with Gasteiger partial charge < -0.3 is 10.3 Å². The molecule has 0 amide bonds. The van der Waals surface area contributed by atoms with Crippen LogP contribution in [0.5, 0.6) is 0 Å². The summed E-state index contributed by atoms with van der Waals surface area (Å²) < 4.78 is 13.5. The molecule has 2 aromatic carbocycles. The van der Waals surface area contributed by atoms with Gasteiger partial charge in [-0.15, -0.1) is 0 Å². The molecule has 5 heteroatoms. The molecule has 2 N–H and O–H groups in total. The first-order valence-corrected chi connectivity index (χ1v) is 9.74. The monoisotopic (exact) mass is 394 g/mol. The SMILES string of the molecule is Fc1ccc(-c2[nH]c3nccc(NCc4ccccc4)c3c2-c2ccncc2)cc1. The molecule has 0 saturated carbocycles. The van der Waals surface area contributed by atoms with Gasteiger partial charge in [0.2, 0.25) is 0 Å². The van der Waals surface area contributed by atoms with Gasteiger partial charge in [-0.25, -0.2) is 9.37 Å². The van der Waals surface area contributed by atoms with Crippen LogP contribution >= 0.6 is 0 Å². The number of nitrogens with zero attached hydrogens (tertiary/aromatic N) is 2. The second-order valence-electron chi connectivity index (χ2n) is 7.04. The fraction of sp³-hybridized carbons (Fsp3) is 0.0400. The zero-order valence-electron chi connectivity index (χ0n) is 16.1. The lowest BCUT2D eigenvalue weighted by Crippen LogP contribution is -2.00. The lowest BCUT2D eigenvalue weighted by molar-refractivity contribution is 0.628. The molecule has 0 saturated heterocycles. The molecule has 0 radical (unpaired) electrons. The van der Waals surface area contributed by atoms with Crippen molar-refractivity contribution in [3.8, 4) is 22.4 Å². The molecule has 0 aliphatic rings. The first-order valence-electron chi connectivity index (χ1n) is 9.74. The van der Waals surface area contributed by atoms with E-state index in [0.717, 1.165) is 39.1 Å². The summed E-state index contributed by atoms with van der Waals surface area (Å²) in [5.74, 6) is -0.260. The largest absolute Gasteiger partial charge is 0.380 e. The summed E-state index contributed by atoms with van der Waals surface area (Å²) in [5, 5.41) is 4.55. The molecule has 30 heavy (non-hydrogen) atoms. The quantitative estimate of drug-likeness (QED) is 0.382. The van der Waals surface area contributed by atoms with Crippen LogP contribution < -0.4 is 5.32 Å². The van der Waals surface area contributed by atoms with Gasteiger partial charge in [0.15, 0.2) is 0 Å². The number of rotatable bonds is 5. The molecule has 5 rings (SSSR count). The van der Waals surface area contributed by atoms with Gasteiger partial charge >= 0.3 is 0 Å². The van der Waals surface area contributed by atoms with Crippen LogP contribution in [0.4, 0.5) is 10.1 Å². The number of halogens is 1. The van der Waals surface area contributed by atoms with Crippen LogP contribution in [0.2, 0.25) is 0 Å². The highest BCUT2D eigenvalue weighted by molar-refractivity contribution is 6.08. The first kappa shape index (κ1) is 18.1. The molecule has 4 nitrogen and oxygen atoms in total. The Labute approximate surface area is 173 Å². The lowest BCUT2D eigenvalue weighted by atomic mass is 9.99. The van der Waals surface area contributed by atoms with E-state index in [4.69, 9.17) is 0 Å². The highest BCUT2D eigenvalue weighted by atomic mass is 19.1. The summed E-state index contributed by atoms with van der Waals surface area (Å²) in [5.41, 5.74) is 6.79. The molecule has 0 aliphatic heterocycles. The molecule has 0 fully saturated rings. The fourth-order valence-electron chi connectivity index (χ4n) is 3.70. The minimum absolute atomic E-state index is 0.260. The van der Waals surface area contributed by atoms with E-state index in [1.165, 1.54) is 17.7 Å². The molecule has 146 valence electrons. The average molecular weight is 394 g/mol. The standard InChI is InChI=1S/C25H19FN4/c26-20-8-6-19(7-9-20)24-22(18-10-13-27-14-11-18)23-21(12-15-28-25(23)30-24)29-16-17-4-2-1-3-5-17/h1-15H,16H2,(H2,28,29,30). The Hall–Kier alpha value is -3.99. The van der Waals surface area contributed by atoms with Crippen molar-refractivity contribution in [1.82, 2.24) is 15.0 Å². The topological polar surface area (TPSA) is 53.6 Å². The van der Waals surface area contributed by atoms with E-state index in [2.05, 4.69) is 32.4 Å². The van der Waals surface area contributed by atoms with Crippen molar-refractivity contribution in [1.29, 1.82) is 0 Å². The van der Waals surface area contributed by atoms with Crippen LogP contribution in [0.25, 0.3) is 33.4 Å². The Bertz CT molecular complexity index is 1280. The smallest absolute Gasteiger partial charge is 0.140 e. The molecule has 0 spiro atoms. The number of hydrogen-bond donors (Lipinski definition) is 2. The summed E-state index contributed by atoms with van der Waals surface area (Å²) in [4.78, 5) is 12.2. The maximum atomic E-state index is 13.5. The van der Waals surface area contributed by atoms with E-state index in [1.54, 1.807) is 30.7 Å². The number of H-pyrrole nitrogens is 1. The summed E-state index contributed by atoms with van der Waals surface area (Å²) in [7, 11) is 0. The first-order chi connectivity index (χ1) is 14.8. The Balaban J connectivity index is 1.68. The minimum Gasteiger partial charge on any atom is -0.380 e. The predicted molar refractivity (Wildman–Crippen MR) is 118 cm³/mol. The molecule has 3 heterocycles. The Morgan fingerprint density at radius 3 is 2.33 bits per heavy atom. The predicted octanol–water partition coefficient (Wildman–Crippen LogP) is 6.04. The molecular formula is C25H19FN4. The van der Waals surface area contributed by atoms with Crippen LogP contribution in [0.3, 0.4) is 0 Å². The summed E-state index contributed by atoms with van der Waals surface area (Å²) in [6, 6.07) is 22.7. The summed E-state index contributed by atoms with van der Waals surface area (Å²) >= 11 is 0. The van der Waals surface area contributed by atoms with Crippen LogP contribution in [0.15, 0.2) is 91.4 Å². The number of anilines is 1. The van der Waals surface area contributed by atoms with Crippen LogP contribution in [-0.4, -0.2) is 15.0 Å². The van der Waals surface area contributed by atoms with E-state index < -0.39 is 0 Å². The van der Waals surface area contributed by atoms with Crippen molar-refractivity contribution < 1.29 is 4.39 Å². The van der Waals surface area contributed by atoms with Crippen molar-refractivity contribution in [2.24, 2.45) is 0 Å². The van der Waals surface area contributed by atoms with Crippen molar-refractivity contribution >= 4 is 16.7 Å². The van der Waals surface area contributed by atoms with E-state index in [0.29, 0.717) is 6.54 Å². The molecule has 0 bridgehead atoms. The van der Waals surface area contributed by atoms with Crippen molar-refractivity contribution in [2.75, 3.05) is 5.32 Å². The van der Waals surface area contributed by atoms with Gasteiger partial charge in [-0.2, -0.15) is 0 Å². The van der Waals surface area contributed by atoms with Crippen molar-refractivity contribution in [2.45, 2.75) is 6.54 Å². The molecule has 3 aromatic heterocycles. The zero-order chi connectivity index (χ0) is 20.3. The Morgan fingerprint density at radius 1 is 0.800 bits per heavy atom. The lowest BCUT2D eigenvalue weighted by Gasteiger charge is -2.11. The average Bonchev–Trinajstić information content (AvgIpc) is 3.20. The van der Waals surface area contributed by atoms with Gasteiger partial charge in [0, 0.05) is 36.4 Å². The number of nitrogens with one attached hydrogen (secondary N) is 2. The second-order valence-corrected chi connectivity index (χ2v) is 7.04. The Morgan fingerprint density at radius 2 is 1.57 bits per heavy atom. The number of hydrogen-bond acceptors (Lipinski definition) is 3. The van der Waals surface area contributed by atoms with Crippen molar-refractivity contribution in [3.63, 3.8) is 0 Å².